The smallest absolute Gasteiger partial charge is 0.259 e. The molecule has 0 bridgehead atoms. The van der Waals surface area contributed by atoms with Crippen molar-refractivity contribution in [2.24, 2.45) is 0 Å². The predicted molar refractivity (Wildman–Crippen MR) is 107 cm³/mol. The van der Waals surface area contributed by atoms with Crippen molar-refractivity contribution in [3.05, 3.63) is 52.2 Å². The minimum absolute atomic E-state index is 0.240. The van der Waals surface area contributed by atoms with Crippen LogP contribution in [-0.4, -0.2) is 38.7 Å². The molecule has 3 N–H and O–H groups in total. The quantitative estimate of drug-likeness (QED) is 0.600. The van der Waals surface area contributed by atoms with Crippen LogP contribution in [0.5, 0.6) is 0 Å². The molecule has 0 aliphatic carbocycles. The van der Waals surface area contributed by atoms with Gasteiger partial charge in [0.25, 0.3) is 5.56 Å². The summed E-state index contributed by atoms with van der Waals surface area (Å²) in [5.74, 6) is 0.606. The number of aromatic nitrogens is 3. The molecule has 1 aliphatic rings. The number of fused-ring (bicyclic) bond motifs is 1. The number of aliphatic hydroxyl groups is 1. The number of rotatable bonds is 3. The van der Waals surface area contributed by atoms with Crippen LogP contribution in [0.15, 0.2) is 41.5 Å². The normalized spacial score (nSPS) is 16.5. The Balaban J connectivity index is 1.58. The van der Waals surface area contributed by atoms with Crippen molar-refractivity contribution in [1.82, 2.24) is 15.0 Å². The van der Waals surface area contributed by atoms with E-state index in [0.717, 1.165) is 31.6 Å². The summed E-state index contributed by atoms with van der Waals surface area (Å²) in [6, 6.07) is 7.15. The minimum atomic E-state index is -0.583. The Kier molecular flexibility index (Phi) is 4.49. The van der Waals surface area contributed by atoms with E-state index in [9.17, 15) is 9.90 Å². The van der Waals surface area contributed by atoms with E-state index in [0.29, 0.717) is 27.6 Å². The lowest BCUT2D eigenvalue weighted by molar-refractivity contribution is 0.0351. The summed E-state index contributed by atoms with van der Waals surface area (Å²) >= 11 is 6.08. The number of hydrogen-bond donors (Lipinski definition) is 3. The first kappa shape index (κ1) is 17.8. The molecule has 1 saturated heterocycles. The lowest BCUT2D eigenvalue weighted by Crippen LogP contribution is -2.42. The molecule has 7 nitrogen and oxygen atoms in total. The zero-order valence-electron chi connectivity index (χ0n) is 14.9. The maximum absolute atomic E-state index is 12.2. The summed E-state index contributed by atoms with van der Waals surface area (Å²) in [6.45, 7) is 3.46. The maximum Gasteiger partial charge on any atom is 0.259 e. The maximum atomic E-state index is 12.2. The van der Waals surface area contributed by atoms with Gasteiger partial charge < -0.3 is 20.3 Å². The second kappa shape index (κ2) is 6.83. The van der Waals surface area contributed by atoms with Crippen LogP contribution in [0.25, 0.3) is 10.9 Å². The average Bonchev–Trinajstić information content (AvgIpc) is 2.62. The molecule has 0 saturated carbocycles. The fourth-order valence-electron chi connectivity index (χ4n) is 3.29. The van der Waals surface area contributed by atoms with Crippen LogP contribution in [0.1, 0.15) is 19.8 Å². The standard InChI is InChI=1S/C19H20ClN5O2/c1-19(27)5-8-25(9-6-19)12-2-3-16(22-11-12)24-14-10-15(20)23-13-4-7-21-18(26)17(13)14/h2-4,7,10-11,27H,5-6,8-9H2,1H3,(H,21,26)(H,22,23,24). The Hall–Kier alpha value is -2.64. The fraction of sp³-hybridized carbons (Fsp3) is 0.316. The molecule has 4 rings (SSSR count). The molecule has 0 radical (unpaired) electrons. The van der Waals surface area contributed by atoms with E-state index in [-0.39, 0.29) is 5.56 Å². The van der Waals surface area contributed by atoms with Crippen molar-refractivity contribution in [3.8, 4) is 0 Å². The molecule has 1 aliphatic heterocycles. The zero-order valence-corrected chi connectivity index (χ0v) is 15.6. The van der Waals surface area contributed by atoms with Crippen molar-refractivity contribution in [2.75, 3.05) is 23.3 Å². The number of pyridine rings is 3. The highest BCUT2D eigenvalue weighted by molar-refractivity contribution is 6.30. The van der Waals surface area contributed by atoms with Gasteiger partial charge in [-0.3, -0.25) is 4.79 Å². The summed E-state index contributed by atoms with van der Waals surface area (Å²) < 4.78 is 0. The molecule has 0 amide bonds. The molecule has 8 heteroatoms. The third-order valence-electron chi connectivity index (χ3n) is 4.92. The van der Waals surface area contributed by atoms with E-state index < -0.39 is 5.60 Å². The lowest BCUT2D eigenvalue weighted by Gasteiger charge is -2.37. The van der Waals surface area contributed by atoms with E-state index in [2.05, 4.69) is 25.2 Å². The average molecular weight is 386 g/mol. The summed E-state index contributed by atoms with van der Waals surface area (Å²) in [4.78, 5) is 25.7. The molecule has 140 valence electrons. The number of halogens is 1. The number of nitrogens with one attached hydrogen (secondary N) is 2. The number of aromatic amines is 1. The van der Waals surface area contributed by atoms with E-state index in [1.165, 1.54) is 0 Å². The summed E-state index contributed by atoms with van der Waals surface area (Å²) in [5, 5.41) is 14.0. The Morgan fingerprint density at radius 1 is 1.30 bits per heavy atom. The van der Waals surface area contributed by atoms with Gasteiger partial charge in [-0.25, -0.2) is 9.97 Å². The molecule has 0 spiro atoms. The Bertz CT molecular complexity index is 1020. The molecule has 3 aromatic rings. The highest BCUT2D eigenvalue weighted by Gasteiger charge is 2.27. The van der Waals surface area contributed by atoms with Gasteiger partial charge in [0.05, 0.1) is 34.1 Å². The van der Waals surface area contributed by atoms with Gasteiger partial charge in [-0.05, 0) is 44.0 Å². The molecule has 0 aromatic carbocycles. The van der Waals surface area contributed by atoms with Crippen molar-refractivity contribution in [1.29, 1.82) is 0 Å². The van der Waals surface area contributed by atoms with Crippen molar-refractivity contribution in [2.45, 2.75) is 25.4 Å². The molecule has 27 heavy (non-hydrogen) atoms. The van der Waals surface area contributed by atoms with Gasteiger partial charge in [0, 0.05) is 19.3 Å². The second-order valence-electron chi connectivity index (χ2n) is 7.07. The first-order valence-corrected chi connectivity index (χ1v) is 9.17. The predicted octanol–water partition coefficient (Wildman–Crippen LogP) is 3.07. The van der Waals surface area contributed by atoms with Crippen LogP contribution >= 0.6 is 11.6 Å². The van der Waals surface area contributed by atoms with E-state index in [4.69, 9.17) is 11.6 Å². The Morgan fingerprint density at radius 3 is 2.78 bits per heavy atom. The molecular weight excluding hydrogens is 366 g/mol. The summed E-state index contributed by atoms with van der Waals surface area (Å²) in [7, 11) is 0. The van der Waals surface area contributed by atoms with E-state index >= 15 is 0 Å². The van der Waals surface area contributed by atoms with Crippen LogP contribution in [-0.2, 0) is 0 Å². The van der Waals surface area contributed by atoms with Crippen molar-refractivity contribution in [3.63, 3.8) is 0 Å². The van der Waals surface area contributed by atoms with Gasteiger partial charge in [-0.2, -0.15) is 0 Å². The van der Waals surface area contributed by atoms with Gasteiger partial charge in [0.2, 0.25) is 0 Å². The molecular formula is C19H20ClN5O2. The van der Waals surface area contributed by atoms with Gasteiger partial charge in [-0.15, -0.1) is 0 Å². The van der Waals surface area contributed by atoms with Gasteiger partial charge in [0.1, 0.15) is 11.0 Å². The highest BCUT2D eigenvalue weighted by atomic mass is 35.5. The van der Waals surface area contributed by atoms with Crippen molar-refractivity contribution < 1.29 is 5.11 Å². The molecule has 3 aromatic heterocycles. The van der Waals surface area contributed by atoms with E-state index in [1.807, 2.05) is 19.1 Å². The third-order valence-corrected chi connectivity index (χ3v) is 5.11. The number of H-pyrrole nitrogens is 1. The molecule has 1 fully saturated rings. The molecule has 4 heterocycles. The Morgan fingerprint density at radius 2 is 2.07 bits per heavy atom. The van der Waals surface area contributed by atoms with E-state index in [1.54, 1.807) is 24.5 Å². The Labute approximate surface area is 161 Å². The van der Waals surface area contributed by atoms with Crippen LogP contribution < -0.4 is 15.8 Å². The minimum Gasteiger partial charge on any atom is -0.390 e. The number of nitrogens with zero attached hydrogens (tertiary/aromatic N) is 3. The molecule has 0 atom stereocenters. The van der Waals surface area contributed by atoms with Crippen molar-refractivity contribution >= 4 is 39.7 Å². The monoisotopic (exact) mass is 385 g/mol. The van der Waals surface area contributed by atoms with Crippen LogP contribution in [0.3, 0.4) is 0 Å². The number of hydrogen-bond acceptors (Lipinski definition) is 6. The van der Waals surface area contributed by atoms with Gasteiger partial charge in [0.15, 0.2) is 0 Å². The second-order valence-corrected chi connectivity index (χ2v) is 7.46. The zero-order chi connectivity index (χ0) is 19.0. The largest absolute Gasteiger partial charge is 0.390 e. The van der Waals surface area contributed by atoms with Crippen LogP contribution in [0.2, 0.25) is 5.15 Å². The van der Waals surface area contributed by atoms with Gasteiger partial charge >= 0.3 is 0 Å². The van der Waals surface area contributed by atoms with Crippen LogP contribution in [0, 0.1) is 0 Å². The topological polar surface area (TPSA) is 94.1 Å². The number of piperidine rings is 1. The first-order valence-electron chi connectivity index (χ1n) is 8.80. The first-order chi connectivity index (χ1) is 12.9. The number of anilines is 3. The summed E-state index contributed by atoms with van der Waals surface area (Å²) in [6.07, 6.45) is 4.80. The fourth-order valence-corrected chi connectivity index (χ4v) is 3.49. The van der Waals surface area contributed by atoms with Gasteiger partial charge in [-0.1, -0.05) is 11.6 Å². The lowest BCUT2D eigenvalue weighted by atomic mass is 9.94. The highest BCUT2D eigenvalue weighted by Crippen LogP contribution is 2.28. The molecule has 0 unspecified atom stereocenters. The summed E-state index contributed by atoms with van der Waals surface area (Å²) in [5.41, 5.74) is 1.26. The van der Waals surface area contributed by atoms with Crippen LogP contribution in [0.4, 0.5) is 17.2 Å². The third kappa shape index (κ3) is 3.74. The SMILES string of the molecule is CC1(O)CCN(c2ccc(Nc3cc(Cl)nc4cc[nH]c(=O)c34)nc2)CC1.